The molecule has 3 nitrogen and oxygen atoms in total. The molecule has 0 aromatic heterocycles. The molecule has 1 saturated heterocycles. The van der Waals surface area contributed by atoms with E-state index in [1.165, 1.54) is 31.5 Å². The van der Waals surface area contributed by atoms with Gasteiger partial charge in [-0.3, -0.25) is 4.99 Å². The standard InChI is InChI=1S/C19H28N2O/c1-4-19(22-15-17-10-12-21(3)13-11-17)14-20-16(2)18-8-6-5-7-9-18/h4-9,14,16-17H,10-13,15H2,1-3H3/b19-4+,20-14?. The number of likely N-dealkylation sites (tertiary alicyclic amines) is 1. The Bertz CT molecular complexity index is 487. The number of hydrogen-bond donors (Lipinski definition) is 0. The molecule has 0 saturated carbocycles. The van der Waals surface area contributed by atoms with Gasteiger partial charge in [0.2, 0.25) is 0 Å². The van der Waals surface area contributed by atoms with Crippen LogP contribution in [0.2, 0.25) is 0 Å². The number of allylic oxidation sites excluding steroid dienone is 2. The molecule has 1 aliphatic heterocycles. The maximum atomic E-state index is 5.95. The first-order chi connectivity index (χ1) is 10.7. The Balaban J connectivity index is 1.81. The van der Waals surface area contributed by atoms with Gasteiger partial charge in [-0.2, -0.15) is 0 Å². The lowest BCUT2D eigenvalue weighted by Crippen LogP contribution is -2.31. The zero-order valence-electron chi connectivity index (χ0n) is 14.0. The predicted molar refractivity (Wildman–Crippen MR) is 93.3 cm³/mol. The van der Waals surface area contributed by atoms with Gasteiger partial charge in [0.1, 0.15) is 5.76 Å². The van der Waals surface area contributed by atoms with Crippen molar-refractivity contribution in [2.45, 2.75) is 32.7 Å². The molecule has 1 aliphatic rings. The zero-order chi connectivity index (χ0) is 15.8. The minimum atomic E-state index is 0.156. The predicted octanol–water partition coefficient (Wildman–Crippen LogP) is 4.08. The third kappa shape index (κ3) is 5.30. The van der Waals surface area contributed by atoms with Crippen LogP contribution in [0.3, 0.4) is 0 Å². The van der Waals surface area contributed by atoms with Crippen LogP contribution >= 0.6 is 0 Å². The van der Waals surface area contributed by atoms with E-state index in [0.717, 1.165) is 12.4 Å². The number of rotatable bonds is 6. The van der Waals surface area contributed by atoms with Gasteiger partial charge >= 0.3 is 0 Å². The molecule has 1 unspecified atom stereocenters. The minimum Gasteiger partial charge on any atom is -0.492 e. The fourth-order valence-electron chi connectivity index (χ4n) is 2.64. The van der Waals surface area contributed by atoms with Gasteiger partial charge in [-0.1, -0.05) is 30.3 Å². The first-order valence-electron chi connectivity index (χ1n) is 8.25. The van der Waals surface area contributed by atoms with Gasteiger partial charge in [-0.25, -0.2) is 0 Å². The molecule has 0 N–H and O–H groups in total. The summed E-state index contributed by atoms with van der Waals surface area (Å²) in [6.45, 7) is 7.27. The molecular formula is C19H28N2O. The SMILES string of the molecule is C/C=C(\C=NC(C)c1ccccc1)OCC1CCN(C)CC1. The second kappa shape index (κ2) is 8.74. The molecule has 1 heterocycles. The highest BCUT2D eigenvalue weighted by Gasteiger charge is 2.17. The van der Waals surface area contributed by atoms with E-state index in [4.69, 9.17) is 4.74 Å². The fourth-order valence-corrected chi connectivity index (χ4v) is 2.64. The number of hydrogen-bond acceptors (Lipinski definition) is 3. The lowest BCUT2D eigenvalue weighted by molar-refractivity contribution is 0.126. The Morgan fingerprint density at radius 3 is 2.64 bits per heavy atom. The van der Waals surface area contributed by atoms with E-state index in [0.29, 0.717) is 5.92 Å². The molecule has 0 radical (unpaired) electrons. The van der Waals surface area contributed by atoms with E-state index >= 15 is 0 Å². The first-order valence-corrected chi connectivity index (χ1v) is 8.25. The summed E-state index contributed by atoms with van der Waals surface area (Å²) in [5.74, 6) is 1.55. The van der Waals surface area contributed by atoms with Crippen LogP contribution < -0.4 is 0 Å². The topological polar surface area (TPSA) is 24.8 Å². The summed E-state index contributed by atoms with van der Waals surface area (Å²) in [7, 11) is 2.19. The highest BCUT2D eigenvalue weighted by Crippen LogP contribution is 2.18. The molecule has 1 atom stereocenters. The quantitative estimate of drug-likeness (QED) is 0.584. The van der Waals surface area contributed by atoms with Crippen molar-refractivity contribution in [2.75, 3.05) is 26.7 Å². The van der Waals surface area contributed by atoms with Crippen LogP contribution in [0.1, 0.15) is 38.3 Å². The van der Waals surface area contributed by atoms with Crippen molar-refractivity contribution in [1.29, 1.82) is 0 Å². The summed E-state index contributed by atoms with van der Waals surface area (Å²) < 4.78 is 5.95. The molecule has 1 aromatic carbocycles. The molecule has 1 fully saturated rings. The molecule has 0 aliphatic carbocycles. The second-order valence-corrected chi connectivity index (χ2v) is 6.11. The van der Waals surface area contributed by atoms with Crippen LogP contribution in [0.15, 0.2) is 47.2 Å². The van der Waals surface area contributed by atoms with Crippen molar-refractivity contribution < 1.29 is 4.74 Å². The average molecular weight is 300 g/mol. The number of piperidine rings is 1. The number of ether oxygens (including phenoxy) is 1. The van der Waals surface area contributed by atoms with Crippen LogP contribution in [0.4, 0.5) is 0 Å². The number of nitrogens with zero attached hydrogens (tertiary/aromatic N) is 2. The van der Waals surface area contributed by atoms with E-state index in [9.17, 15) is 0 Å². The first kappa shape index (κ1) is 16.8. The fraction of sp³-hybridized carbons (Fsp3) is 0.526. The molecule has 1 aromatic rings. The maximum absolute atomic E-state index is 5.95. The molecular weight excluding hydrogens is 272 g/mol. The summed E-state index contributed by atoms with van der Waals surface area (Å²) in [6, 6.07) is 10.5. The lowest BCUT2D eigenvalue weighted by Gasteiger charge is -2.28. The monoisotopic (exact) mass is 300 g/mol. The van der Waals surface area contributed by atoms with E-state index in [1.807, 2.05) is 25.3 Å². The van der Waals surface area contributed by atoms with Gasteiger partial charge in [-0.15, -0.1) is 0 Å². The van der Waals surface area contributed by atoms with Crippen LogP contribution in [0.5, 0.6) is 0 Å². The van der Waals surface area contributed by atoms with E-state index in [-0.39, 0.29) is 6.04 Å². The molecule has 0 spiro atoms. The van der Waals surface area contributed by atoms with Gasteiger partial charge in [-0.05, 0) is 64.4 Å². The summed E-state index contributed by atoms with van der Waals surface area (Å²) in [5.41, 5.74) is 1.23. The van der Waals surface area contributed by atoms with Crippen molar-refractivity contribution >= 4 is 6.21 Å². The van der Waals surface area contributed by atoms with Crippen LogP contribution in [-0.2, 0) is 4.74 Å². The Morgan fingerprint density at radius 2 is 2.00 bits per heavy atom. The third-order valence-electron chi connectivity index (χ3n) is 4.32. The molecule has 2 rings (SSSR count). The molecule has 120 valence electrons. The van der Waals surface area contributed by atoms with Gasteiger partial charge in [0.25, 0.3) is 0 Å². The van der Waals surface area contributed by atoms with Crippen molar-refractivity contribution in [2.24, 2.45) is 10.9 Å². The van der Waals surface area contributed by atoms with Crippen molar-refractivity contribution in [3.8, 4) is 0 Å². The Morgan fingerprint density at radius 1 is 1.32 bits per heavy atom. The summed E-state index contributed by atoms with van der Waals surface area (Å²) in [5, 5.41) is 0. The van der Waals surface area contributed by atoms with Crippen LogP contribution in [0, 0.1) is 5.92 Å². The summed E-state index contributed by atoms with van der Waals surface area (Å²) in [6.07, 6.45) is 6.32. The van der Waals surface area contributed by atoms with Crippen molar-refractivity contribution in [3.63, 3.8) is 0 Å². The second-order valence-electron chi connectivity index (χ2n) is 6.11. The summed E-state index contributed by atoms with van der Waals surface area (Å²) >= 11 is 0. The smallest absolute Gasteiger partial charge is 0.132 e. The van der Waals surface area contributed by atoms with Crippen LogP contribution in [-0.4, -0.2) is 37.9 Å². The minimum absolute atomic E-state index is 0.156. The normalized spacial score (nSPS) is 19.5. The number of benzene rings is 1. The molecule has 22 heavy (non-hydrogen) atoms. The largest absolute Gasteiger partial charge is 0.492 e. The maximum Gasteiger partial charge on any atom is 0.132 e. The Kier molecular flexibility index (Phi) is 6.66. The third-order valence-corrected chi connectivity index (χ3v) is 4.32. The average Bonchev–Trinajstić information content (AvgIpc) is 2.57. The highest BCUT2D eigenvalue weighted by molar-refractivity contribution is 5.76. The molecule has 0 bridgehead atoms. The van der Waals surface area contributed by atoms with Gasteiger partial charge in [0.15, 0.2) is 0 Å². The highest BCUT2D eigenvalue weighted by atomic mass is 16.5. The van der Waals surface area contributed by atoms with E-state index < -0.39 is 0 Å². The Labute approximate surface area is 134 Å². The number of aliphatic imine (C=N–C) groups is 1. The summed E-state index contributed by atoms with van der Waals surface area (Å²) in [4.78, 5) is 7.00. The van der Waals surface area contributed by atoms with Gasteiger partial charge in [0.05, 0.1) is 18.9 Å². The van der Waals surface area contributed by atoms with E-state index in [2.05, 4.69) is 48.1 Å². The molecule has 3 heteroatoms. The van der Waals surface area contributed by atoms with Crippen molar-refractivity contribution in [1.82, 2.24) is 4.90 Å². The van der Waals surface area contributed by atoms with Gasteiger partial charge in [0, 0.05) is 0 Å². The Hall–Kier alpha value is -1.61. The zero-order valence-corrected chi connectivity index (χ0v) is 14.0. The lowest BCUT2D eigenvalue weighted by atomic mass is 9.98. The van der Waals surface area contributed by atoms with Crippen LogP contribution in [0.25, 0.3) is 0 Å². The van der Waals surface area contributed by atoms with Gasteiger partial charge < -0.3 is 9.64 Å². The van der Waals surface area contributed by atoms with E-state index in [1.54, 1.807) is 0 Å². The van der Waals surface area contributed by atoms with Crippen molar-refractivity contribution in [3.05, 3.63) is 47.7 Å². The molecule has 0 amide bonds.